The van der Waals surface area contributed by atoms with Crippen LogP contribution in [0.1, 0.15) is 18.3 Å². The van der Waals surface area contributed by atoms with Crippen molar-refractivity contribution in [1.29, 1.82) is 0 Å². The molecular formula is C9H11N3OS. The smallest absolute Gasteiger partial charge is 0.321 e. The third kappa shape index (κ3) is 2.11. The number of nitrogens with one attached hydrogen (secondary N) is 1. The van der Waals surface area contributed by atoms with Gasteiger partial charge in [0.05, 0.1) is 0 Å². The van der Waals surface area contributed by atoms with Crippen LogP contribution in [0.4, 0.5) is 6.01 Å². The Morgan fingerprint density at radius 1 is 1.57 bits per heavy atom. The van der Waals surface area contributed by atoms with E-state index in [2.05, 4.69) is 26.9 Å². The lowest BCUT2D eigenvalue weighted by atomic mass is 10.3. The summed E-state index contributed by atoms with van der Waals surface area (Å²) in [5.74, 6) is 0.734. The molecule has 0 unspecified atom stereocenters. The van der Waals surface area contributed by atoms with Gasteiger partial charge in [0.2, 0.25) is 0 Å². The molecule has 0 spiro atoms. The molecular weight excluding hydrogens is 198 g/mol. The highest BCUT2D eigenvalue weighted by Gasteiger charge is 2.02. The molecule has 0 fully saturated rings. The van der Waals surface area contributed by atoms with Gasteiger partial charge in [-0.3, -0.25) is 0 Å². The first kappa shape index (κ1) is 9.21. The Labute approximate surface area is 86.0 Å². The molecule has 0 atom stereocenters. The van der Waals surface area contributed by atoms with Crippen molar-refractivity contribution in [2.75, 3.05) is 5.32 Å². The number of nitrogens with zero attached hydrogens (tertiary/aromatic N) is 2. The van der Waals surface area contributed by atoms with E-state index < -0.39 is 0 Å². The fourth-order valence-electron chi connectivity index (χ4n) is 1.04. The molecule has 0 radical (unpaired) electrons. The summed E-state index contributed by atoms with van der Waals surface area (Å²) in [4.78, 5) is 4.14. The minimum atomic E-state index is 0.494. The zero-order valence-electron chi connectivity index (χ0n) is 7.86. The van der Waals surface area contributed by atoms with Gasteiger partial charge in [-0.2, -0.15) is 16.3 Å². The summed E-state index contributed by atoms with van der Waals surface area (Å²) in [6, 6.07) is 2.56. The number of thiophene rings is 1. The maximum absolute atomic E-state index is 4.98. The first-order valence-corrected chi connectivity index (χ1v) is 5.40. The van der Waals surface area contributed by atoms with Crippen molar-refractivity contribution in [3.63, 3.8) is 0 Å². The van der Waals surface area contributed by atoms with Gasteiger partial charge in [-0.05, 0) is 22.4 Å². The van der Waals surface area contributed by atoms with Gasteiger partial charge in [-0.1, -0.05) is 12.1 Å². The maximum Gasteiger partial charge on any atom is 0.321 e. The van der Waals surface area contributed by atoms with Gasteiger partial charge in [-0.25, -0.2) is 0 Å². The summed E-state index contributed by atoms with van der Waals surface area (Å²) in [5, 5.41) is 11.0. The van der Waals surface area contributed by atoms with Crippen LogP contribution >= 0.6 is 11.3 Å². The van der Waals surface area contributed by atoms with E-state index in [4.69, 9.17) is 4.52 Å². The molecule has 0 aromatic carbocycles. The van der Waals surface area contributed by atoms with E-state index in [1.165, 1.54) is 5.56 Å². The largest absolute Gasteiger partial charge is 0.334 e. The van der Waals surface area contributed by atoms with Crippen LogP contribution in [0.3, 0.4) is 0 Å². The summed E-state index contributed by atoms with van der Waals surface area (Å²) < 4.78 is 4.98. The normalized spacial score (nSPS) is 10.4. The van der Waals surface area contributed by atoms with E-state index in [0.717, 1.165) is 18.8 Å². The topological polar surface area (TPSA) is 51.0 Å². The average Bonchev–Trinajstić information content (AvgIpc) is 2.86. The van der Waals surface area contributed by atoms with Crippen molar-refractivity contribution < 1.29 is 4.52 Å². The molecule has 14 heavy (non-hydrogen) atoms. The van der Waals surface area contributed by atoms with E-state index in [1.54, 1.807) is 11.3 Å². The quantitative estimate of drug-likeness (QED) is 0.839. The van der Waals surface area contributed by atoms with Gasteiger partial charge < -0.3 is 9.84 Å². The summed E-state index contributed by atoms with van der Waals surface area (Å²) in [6.45, 7) is 2.72. The van der Waals surface area contributed by atoms with E-state index in [-0.39, 0.29) is 0 Å². The summed E-state index contributed by atoms with van der Waals surface area (Å²) in [5.41, 5.74) is 1.23. The average molecular weight is 209 g/mol. The van der Waals surface area contributed by atoms with Crippen LogP contribution in [0, 0.1) is 0 Å². The van der Waals surface area contributed by atoms with Gasteiger partial charge in [0, 0.05) is 13.0 Å². The number of aromatic nitrogens is 2. The second-order valence-corrected chi connectivity index (χ2v) is 3.63. The summed E-state index contributed by atoms with van der Waals surface area (Å²) >= 11 is 1.68. The Kier molecular flexibility index (Phi) is 2.78. The van der Waals surface area contributed by atoms with E-state index in [1.807, 2.05) is 12.3 Å². The Hall–Kier alpha value is -1.36. The third-order valence-electron chi connectivity index (χ3n) is 1.81. The highest BCUT2D eigenvalue weighted by Crippen LogP contribution is 2.09. The second-order valence-electron chi connectivity index (χ2n) is 2.85. The number of rotatable bonds is 4. The Bertz CT molecular complexity index is 382. The lowest BCUT2D eigenvalue weighted by molar-refractivity contribution is 0.423. The van der Waals surface area contributed by atoms with Crippen LogP contribution in [0.15, 0.2) is 21.3 Å². The lowest BCUT2D eigenvalue weighted by Gasteiger charge is -1.96. The lowest BCUT2D eigenvalue weighted by Crippen LogP contribution is -1.98. The molecule has 0 amide bonds. The highest BCUT2D eigenvalue weighted by molar-refractivity contribution is 7.07. The predicted molar refractivity (Wildman–Crippen MR) is 55.3 cm³/mol. The predicted octanol–water partition coefficient (Wildman–Crippen LogP) is 2.31. The Morgan fingerprint density at radius 3 is 3.14 bits per heavy atom. The summed E-state index contributed by atoms with van der Waals surface area (Å²) in [6.07, 6.45) is 0.795. The maximum atomic E-state index is 4.98. The minimum Gasteiger partial charge on any atom is -0.334 e. The molecule has 0 saturated heterocycles. The van der Waals surface area contributed by atoms with Crippen molar-refractivity contribution in [2.24, 2.45) is 0 Å². The zero-order chi connectivity index (χ0) is 9.80. The molecule has 1 N–H and O–H groups in total. The van der Waals surface area contributed by atoms with E-state index in [0.29, 0.717) is 6.01 Å². The van der Waals surface area contributed by atoms with Crippen molar-refractivity contribution in [3.05, 3.63) is 28.2 Å². The van der Waals surface area contributed by atoms with Crippen LogP contribution in [-0.2, 0) is 13.0 Å². The molecule has 0 saturated carbocycles. The molecule has 0 aliphatic heterocycles. The minimum absolute atomic E-state index is 0.494. The molecule has 0 aliphatic rings. The standard InChI is InChI=1S/C9H11N3OS/c1-2-8-11-9(13-12-8)10-5-7-3-4-14-6-7/h3-4,6H,2,5H2,1H3,(H,10,11,12). The first-order chi connectivity index (χ1) is 6.88. The Morgan fingerprint density at radius 2 is 2.50 bits per heavy atom. The Balaban J connectivity index is 1.92. The highest BCUT2D eigenvalue weighted by atomic mass is 32.1. The fourth-order valence-corrected chi connectivity index (χ4v) is 1.71. The van der Waals surface area contributed by atoms with Crippen molar-refractivity contribution >= 4 is 17.4 Å². The molecule has 2 heterocycles. The van der Waals surface area contributed by atoms with Gasteiger partial charge in [0.1, 0.15) is 0 Å². The third-order valence-corrected chi connectivity index (χ3v) is 2.54. The van der Waals surface area contributed by atoms with Gasteiger partial charge in [-0.15, -0.1) is 0 Å². The molecule has 4 nitrogen and oxygen atoms in total. The van der Waals surface area contributed by atoms with Crippen molar-refractivity contribution in [3.8, 4) is 0 Å². The van der Waals surface area contributed by atoms with Crippen LogP contribution in [0.2, 0.25) is 0 Å². The van der Waals surface area contributed by atoms with Crippen LogP contribution in [-0.4, -0.2) is 10.1 Å². The van der Waals surface area contributed by atoms with Gasteiger partial charge in [0.15, 0.2) is 5.82 Å². The first-order valence-electron chi connectivity index (χ1n) is 4.46. The van der Waals surface area contributed by atoms with Crippen LogP contribution in [0.25, 0.3) is 0 Å². The van der Waals surface area contributed by atoms with Gasteiger partial charge >= 0.3 is 6.01 Å². The fraction of sp³-hybridized carbons (Fsp3) is 0.333. The molecule has 2 rings (SSSR count). The van der Waals surface area contributed by atoms with Crippen LogP contribution in [0.5, 0.6) is 0 Å². The monoisotopic (exact) mass is 209 g/mol. The number of hydrogen-bond donors (Lipinski definition) is 1. The molecule has 74 valence electrons. The SMILES string of the molecule is CCc1noc(NCc2ccsc2)n1. The zero-order valence-corrected chi connectivity index (χ0v) is 8.67. The number of anilines is 1. The molecule has 2 aromatic heterocycles. The number of aryl methyl sites for hydroxylation is 1. The molecule has 0 bridgehead atoms. The van der Waals surface area contributed by atoms with Crippen LogP contribution < -0.4 is 5.32 Å². The van der Waals surface area contributed by atoms with E-state index in [9.17, 15) is 0 Å². The molecule has 5 heteroatoms. The molecule has 0 aliphatic carbocycles. The number of hydrogen-bond acceptors (Lipinski definition) is 5. The molecule has 2 aromatic rings. The van der Waals surface area contributed by atoms with Gasteiger partial charge in [0.25, 0.3) is 0 Å². The van der Waals surface area contributed by atoms with Crippen molar-refractivity contribution in [1.82, 2.24) is 10.1 Å². The van der Waals surface area contributed by atoms with Crippen molar-refractivity contribution in [2.45, 2.75) is 19.9 Å². The summed E-state index contributed by atoms with van der Waals surface area (Å²) in [7, 11) is 0. The second kappa shape index (κ2) is 4.23. The van der Waals surface area contributed by atoms with E-state index >= 15 is 0 Å².